The Labute approximate surface area is 94.7 Å². The maximum Gasteiger partial charge on any atom is 0.334 e. The average molecular weight is 225 g/mol. The molecule has 0 saturated heterocycles. The molecule has 4 heteroatoms. The molecule has 1 aliphatic carbocycles. The Bertz CT molecular complexity index is 399. The van der Waals surface area contributed by atoms with Crippen molar-refractivity contribution in [2.75, 3.05) is 7.11 Å². The van der Waals surface area contributed by atoms with Gasteiger partial charge >= 0.3 is 5.97 Å². The van der Waals surface area contributed by atoms with Crippen LogP contribution in [0.4, 0.5) is 0 Å². The molecule has 0 aromatic heterocycles. The van der Waals surface area contributed by atoms with E-state index in [-0.39, 0.29) is 17.1 Å². The van der Waals surface area contributed by atoms with Crippen molar-refractivity contribution in [1.29, 1.82) is 0 Å². The molecule has 0 fully saturated rings. The lowest BCUT2D eigenvalue weighted by molar-refractivity contribution is -0.147. The van der Waals surface area contributed by atoms with Crippen molar-refractivity contribution in [1.82, 2.24) is 0 Å². The van der Waals surface area contributed by atoms with Crippen LogP contribution in [-0.4, -0.2) is 24.6 Å². The van der Waals surface area contributed by atoms with Gasteiger partial charge in [-0.1, -0.05) is 0 Å². The number of allylic oxidation sites excluding steroid dienone is 1. The van der Waals surface area contributed by atoms with Crippen molar-refractivity contribution in [3.8, 4) is 0 Å². The SMILES string of the molecule is CO[13C](=O)C1=CC(=O)C(C)(C)C(=O)C1(C)C. The summed E-state index contributed by atoms with van der Waals surface area (Å²) in [6, 6.07) is 0. The van der Waals surface area contributed by atoms with E-state index in [0.717, 1.165) is 0 Å². The number of hydrogen-bond donors (Lipinski definition) is 0. The fourth-order valence-electron chi connectivity index (χ4n) is 1.93. The Morgan fingerprint density at radius 1 is 1.12 bits per heavy atom. The van der Waals surface area contributed by atoms with Gasteiger partial charge in [0.2, 0.25) is 0 Å². The molecule has 0 bridgehead atoms. The second-order valence-electron chi connectivity index (χ2n) is 4.99. The lowest BCUT2D eigenvalue weighted by atomic mass is 9.65. The Hall–Kier alpha value is -1.45. The highest BCUT2D eigenvalue weighted by Gasteiger charge is 2.51. The number of methoxy groups -OCH3 is 1. The molecular weight excluding hydrogens is 209 g/mol. The Morgan fingerprint density at radius 3 is 2.06 bits per heavy atom. The predicted octanol–water partition coefficient (Wildman–Crippen LogP) is 1.29. The molecule has 0 unspecified atom stereocenters. The molecule has 0 amide bonds. The van der Waals surface area contributed by atoms with E-state index < -0.39 is 16.8 Å². The van der Waals surface area contributed by atoms with Gasteiger partial charge in [-0.2, -0.15) is 0 Å². The van der Waals surface area contributed by atoms with E-state index in [1.54, 1.807) is 27.7 Å². The second kappa shape index (κ2) is 3.54. The van der Waals surface area contributed by atoms with Gasteiger partial charge in [-0.15, -0.1) is 0 Å². The average Bonchev–Trinajstić information content (AvgIpc) is 2.21. The van der Waals surface area contributed by atoms with Crippen LogP contribution in [-0.2, 0) is 19.1 Å². The number of ether oxygens (including phenoxy) is 1. The van der Waals surface area contributed by atoms with E-state index in [0.29, 0.717) is 0 Å². The van der Waals surface area contributed by atoms with E-state index in [9.17, 15) is 14.4 Å². The smallest absolute Gasteiger partial charge is 0.334 e. The lowest BCUT2D eigenvalue weighted by Gasteiger charge is -2.36. The van der Waals surface area contributed by atoms with E-state index in [2.05, 4.69) is 4.74 Å². The highest BCUT2D eigenvalue weighted by molar-refractivity contribution is 6.21. The highest BCUT2D eigenvalue weighted by Crippen LogP contribution is 2.41. The molecule has 0 radical (unpaired) electrons. The molecule has 1 aliphatic rings. The van der Waals surface area contributed by atoms with Gasteiger partial charge in [-0.3, -0.25) is 9.59 Å². The first-order chi connectivity index (χ1) is 7.15. The van der Waals surface area contributed by atoms with Crippen LogP contribution in [0.2, 0.25) is 0 Å². The largest absolute Gasteiger partial charge is 0.466 e. The third-order valence-corrected chi connectivity index (χ3v) is 3.11. The monoisotopic (exact) mass is 225 g/mol. The van der Waals surface area contributed by atoms with Crippen LogP contribution in [0.1, 0.15) is 27.7 Å². The molecule has 4 nitrogen and oxygen atoms in total. The molecule has 88 valence electrons. The van der Waals surface area contributed by atoms with Crippen LogP contribution in [0.5, 0.6) is 0 Å². The van der Waals surface area contributed by atoms with Crippen LogP contribution in [0.3, 0.4) is 0 Å². The van der Waals surface area contributed by atoms with Crippen molar-refractivity contribution in [3.05, 3.63) is 11.6 Å². The molecule has 0 aromatic rings. The predicted molar refractivity (Wildman–Crippen MR) is 57.7 cm³/mol. The van der Waals surface area contributed by atoms with Gasteiger partial charge in [-0.05, 0) is 33.8 Å². The van der Waals surface area contributed by atoms with E-state index in [4.69, 9.17) is 0 Å². The normalized spacial score (nSPS) is 22.7. The van der Waals surface area contributed by atoms with Crippen molar-refractivity contribution < 1.29 is 19.1 Å². The van der Waals surface area contributed by atoms with Crippen LogP contribution >= 0.6 is 0 Å². The van der Waals surface area contributed by atoms with Crippen molar-refractivity contribution in [2.45, 2.75) is 27.7 Å². The van der Waals surface area contributed by atoms with Crippen LogP contribution in [0, 0.1) is 10.8 Å². The Morgan fingerprint density at radius 2 is 1.62 bits per heavy atom. The van der Waals surface area contributed by atoms with Crippen LogP contribution in [0.15, 0.2) is 11.6 Å². The third kappa shape index (κ3) is 1.58. The minimum Gasteiger partial charge on any atom is -0.466 e. The van der Waals surface area contributed by atoms with Gasteiger partial charge in [0, 0.05) is 0 Å². The minimum atomic E-state index is -1.07. The number of carbonyl (C=O) groups excluding carboxylic acids is 3. The number of rotatable bonds is 1. The third-order valence-electron chi connectivity index (χ3n) is 3.11. The molecule has 0 saturated carbocycles. The number of esters is 1. The molecule has 0 heterocycles. The molecule has 0 aromatic carbocycles. The fraction of sp³-hybridized carbons (Fsp3) is 0.583. The van der Waals surface area contributed by atoms with E-state index >= 15 is 0 Å². The first kappa shape index (κ1) is 12.6. The van der Waals surface area contributed by atoms with Gasteiger partial charge in [0.15, 0.2) is 11.6 Å². The molecule has 0 aliphatic heterocycles. The van der Waals surface area contributed by atoms with E-state index in [1.165, 1.54) is 13.2 Å². The number of carbonyl (C=O) groups is 3. The molecule has 1 rings (SSSR count). The summed E-state index contributed by atoms with van der Waals surface area (Å²) in [6.45, 7) is 6.41. The molecular formula is C12H16O4. The fourth-order valence-corrected chi connectivity index (χ4v) is 1.93. The first-order valence-corrected chi connectivity index (χ1v) is 5.05. The zero-order valence-electron chi connectivity index (χ0n) is 10.2. The highest BCUT2D eigenvalue weighted by atomic mass is 16.6. The van der Waals surface area contributed by atoms with Crippen LogP contribution in [0.25, 0.3) is 0 Å². The molecule has 0 N–H and O–H groups in total. The molecule has 0 atom stereocenters. The number of ketones is 2. The van der Waals surface area contributed by atoms with E-state index in [1.807, 2.05) is 0 Å². The lowest BCUT2D eigenvalue weighted by Crippen LogP contribution is -2.48. The summed E-state index contributed by atoms with van der Waals surface area (Å²) in [4.78, 5) is 35.4. The zero-order valence-corrected chi connectivity index (χ0v) is 10.2. The summed E-state index contributed by atoms with van der Waals surface area (Å²) in [7, 11) is 1.23. The van der Waals surface area contributed by atoms with Crippen molar-refractivity contribution >= 4 is 17.5 Å². The van der Waals surface area contributed by atoms with Gasteiger partial charge in [-0.25, -0.2) is 4.79 Å². The topological polar surface area (TPSA) is 60.4 Å². The molecule has 0 spiro atoms. The van der Waals surface area contributed by atoms with Crippen molar-refractivity contribution in [2.24, 2.45) is 10.8 Å². The number of Topliss-reactive ketones (excluding diaryl/α,β-unsaturated/α-hetero) is 1. The summed E-state index contributed by atoms with van der Waals surface area (Å²) in [5, 5.41) is 0. The Balaban J connectivity index is 3.37. The van der Waals surface area contributed by atoms with Crippen LogP contribution < -0.4 is 0 Å². The van der Waals surface area contributed by atoms with Gasteiger partial charge in [0.05, 0.1) is 23.5 Å². The maximum atomic E-state index is 12.1. The second-order valence-corrected chi connectivity index (χ2v) is 4.99. The van der Waals surface area contributed by atoms with Gasteiger partial charge in [0.1, 0.15) is 0 Å². The van der Waals surface area contributed by atoms with Crippen molar-refractivity contribution in [3.63, 3.8) is 0 Å². The minimum absolute atomic E-state index is 0.129. The summed E-state index contributed by atoms with van der Waals surface area (Å²) in [5.41, 5.74) is -1.92. The first-order valence-electron chi connectivity index (χ1n) is 5.05. The van der Waals surface area contributed by atoms with Gasteiger partial charge in [0.25, 0.3) is 0 Å². The van der Waals surface area contributed by atoms with Gasteiger partial charge < -0.3 is 4.74 Å². The summed E-state index contributed by atoms with van der Waals surface area (Å²) in [5.74, 6) is -1.23. The summed E-state index contributed by atoms with van der Waals surface area (Å²) >= 11 is 0. The zero-order chi connectivity index (χ0) is 12.7. The Kier molecular flexibility index (Phi) is 2.79. The summed E-state index contributed by atoms with van der Waals surface area (Å²) in [6.07, 6.45) is 1.23. The standard InChI is InChI=1S/C12H16O4/c1-11(2)7(9(14)16-5)6-8(13)12(3,4)10(11)15/h6H,1-5H3/i9+1. The quantitative estimate of drug-likeness (QED) is 0.383. The number of hydrogen-bond acceptors (Lipinski definition) is 4. The summed E-state index contributed by atoms with van der Waals surface area (Å²) < 4.78 is 4.58. The molecule has 16 heavy (non-hydrogen) atoms. The maximum absolute atomic E-state index is 12.1.